The molecule has 1 atom stereocenters. The predicted octanol–water partition coefficient (Wildman–Crippen LogP) is 12.1. The van der Waals surface area contributed by atoms with E-state index in [2.05, 4.69) is 189 Å². The smallest absolute Gasteiger partial charge is 0.0673 e. The molecule has 1 nitrogen and oxygen atoms in total. The van der Waals surface area contributed by atoms with Crippen LogP contribution in [0.25, 0.3) is 22.3 Å². The number of nitrogens with zero attached hydrogens (tertiary/aromatic N) is 1. The first-order chi connectivity index (χ1) is 23.1. The highest BCUT2D eigenvalue weighted by atomic mass is 15.1. The maximum absolute atomic E-state index is 4.33. The molecule has 4 aromatic carbocycles. The van der Waals surface area contributed by atoms with E-state index in [0.29, 0.717) is 5.92 Å². The van der Waals surface area contributed by atoms with E-state index >= 15 is 0 Å². The third-order valence-electron chi connectivity index (χ3n) is 9.71. The van der Waals surface area contributed by atoms with E-state index in [1.807, 2.05) is 6.08 Å². The molecule has 0 radical (unpaired) electrons. The molecule has 0 N–H and O–H groups in total. The number of hydrogen-bond acceptors (Lipinski definition) is 1. The molecule has 7 rings (SSSR count). The maximum atomic E-state index is 4.33. The molecule has 0 heterocycles. The van der Waals surface area contributed by atoms with Crippen LogP contribution in [0.2, 0.25) is 0 Å². The number of anilines is 1. The predicted molar refractivity (Wildman–Crippen MR) is 201 cm³/mol. The molecule has 0 saturated carbocycles. The number of hydrogen-bond donors (Lipinski definition) is 0. The largest absolute Gasteiger partial charge is 0.311 e. The Morgan fingerprint density at radius 3 is 2.09 bits per heavy atom. The zero-order valence-corrected chi connectivity index (χ0v) is 27.3. The van der Waals surface area contributed by atoms with E-state index in [-0.39, 0.29) is 0 Å². The van der Waals surface area contributed by atoms with Crippen LogP contribution in [-0.4, -0.2) is 0 Å². The molecule has 0 spiro atoms. The third-order valence-corrected chi connectivity index (χ3v) is 9.71. The third kappa shape index (κ3) is 5.53. The minimum atomic E-state index is -0.414. The van der Waals surface area contributed by atoms with Gasteiger partial charge in [-0.1, -0.05) is 159 Å². The van der Waals surface area contributed by atoms with Crippen LogP contribution < -0.4 is 4.90 Å². The van der Waals surface area contributed by atoms with E-state index in [0.717, 1.165) is 24.2 Å². The van der Waals surface area contributed by atoms with Crippen molar-refractivity contribution >= 4 is 5.69 Å². The molecule has 0 aromatic heterocycles. The Balaban J connectivity index is 1.37. The van der Waals surface area contributed by atoms with E-state index in [1.54, 1.807) is 0 Å². The van der Waals surface area contributed by atoms with Gasteiger partial charge in [-0.2, -0.15) is 0 Å². The average molecular weight is 608 g/mol. The van der Waals surface area contributed by atoms with Crippen molar-refractivity contribution in [1.82, 2.24) is 0 Å². The highest BCUT2D eigenvalue weighted by Gasteiger charge is 2.46. The lowest BCUT2D eigenvalue weighted by Gasteiger charge is -2.35. The SMILES string of the molecule is C=C/C(=C\C=C(/C)C1(C2=CC=CCC=C2)c2ccccc2-c2ccccc21)N(C1=CCC(C)C=C1)c1ccc(-c2ccccc2)cc1. The standard InChI is InChI=1S/C46H41N/c1-4-39(47(40-29-24-34(2)25-30-40)41-32-27-37(28-33-41)36-16-8-7-9-17-36)31-26-35(3)46(38-18-10-5-6-11-19-38)44-22-14-12-20-42(44)43-21-13-15-23-45(43)46/h4-5,7-24,26-34H,1,6,25H2,2-3H3/b35-26+,39-31+. The van der Waals surface area contributed by atoms with Crippen molar-refractivity contribution < 1.29 is 0 Å². The Labute approximate surface area is 280 Å². The lowest BCUT2D eigenvalue weighted by molar-refractivity contribution is 0.727. The van der Waals surface area contributed by atoms with Gasteiger partial charge in [0.25, 0.3) is 0 Å². The van der Waals surface area contributed by atoms with Crippen molar-refractivity contribution in [3.63, 3.8) is 0 Å². The van der Waals surface area contributed by atoms with Gasteiger partial charge < -0.3 is 4.90 Å². The van der Waals surface area contributed by atoms with Gasteiger partial charge in [-0.25, -0.2) is 0 Å². The van der Waals surface area contributed by atoms with Gasteiger partial charge in [-0.15, -0.1) is 0 Å². The molecule has 3 aliphatic carbocycles. The molecular weight excluding hydrogens is 567 g/mol. The topological polar surface area (TPSA) is 3.24 Å². The van der Waals surface area contributed by atoms with Gasteiger partial charge in [0.1, 0.15) is 0 Å². The minimum Gasteiger partial charge on any atom is -0.311 e. The second kappa shape index (κ2) is 13.1. The summed E-state index contributed by atoms with van der Waals surface area (Å²) in [6, 6.07) is 37.3. The summed E-state index contributed by atoms with van der Waals surface area (Å²) in [7, 11) is 0. The van der Waals surface area contributed by atoms with Crippen LogP contribution >= 0.6 is 0 Å². The van der Waals surface area contributed by atoms with Crippen molar-refractivity contribution in [2.75, 3.05) is 4.90 Å². The lowest BCUT2D eigenvalue weighted by Crippen LogP contribution is -2.29. The Morgan fingerprint density at radius 1 is 0.766 bits per heavy atom. The fraction of sp³-hybridized carbons (Fsp3) is 0.130. The molecule has 4 aromatic rings. The first-order valence-electron chi connectivity index (χ1n) is 16.7. The number of fused-ring (bicyclic) bond motifs is 3. The van der Waals surface area contributed by atoms with Crippen LogP contribution in [0, 0.1) is 5.92 Å². The van der Waals surface area contributed by atoms with Crippen LogP contribution in [0.5, 0.6) is 0 Å². The minimum absolute atomic E-state index is 0.414. The van der Waals surface area contributed by atoms with E-state index < -0.39 is 5.41 Å². The first-order valence-corrected chi connectivity index (χ1v) is 16.7. The normalized spacial score (nSPS) is 18.1. The van der Waals surface area contributed by atoms with Gasteiger partial charge in [0.05, 0.1) is 5.41 Å². The molecule has 0 aliphatic heterocycles. The zero-order chi connectivity index (χ0) is 32.2. The van der Waals surface area contributed by atoms with E-state index in [1.165, 1.54) is 50.2 Å². The molecule has 1 heteroatoms. The molecule has 0 fully saturated rings. The highest BCUT2D eigenvalue weighted by Crippen LogP contribution is 2.56. The Kier molecular flexibility index (Phi) is 8.46. The zero-order valence-electron chi connectivity index (χ0n) is 27.3. The summed E-state index contributed by atoms with van der Waals surface area (Å²) in [4.78, 5) is 2.34. The van der Waals surface area contributed by atoms with Crippen molar-refractivity contribution in [2.45, 2.75) is 32.1 Å². The fourth-order valence-electron chi connectivity index (χ4n) is 7.36. The molecule has 0 bridgehead atoms. The highest BCUT2D eigenvalue weighted by molar-refractivity contribution is 5.86. The van der Waals surface area contributed by atoms with Gasteiger partial charge in [0.2, 0.25) is 0 Å². The van der Waals surface area contributed by atoms with E-state index in [4.69, 9.17) is 0 Å². The van der Waals surface area contributed by atoms with Crippen LogP contribution in [-0.2, 0) is 5.41 Å². The first kappa shape index (κ1) is 30.3. The maximum Gasteiger partial charge on any atom is 0.0673 e. The van der Waals surface area contributed by atoms with Gasteiger partial charge in [-0.05, 0) is 95.0 Å². The van der Waals surface area contributed by atoms with Gasteiger partial charge >= 0.3 is 0 Å². The van der Waals surface area contributed by atoms with E-state index in [9.17, 15) is 0 Å². The van der Waals surface area contributed by atoms with Gasteiger partial charge in [-0.3, -0.25) is 0 Å². The lowest BCUT2D eigenvalue weighted by atomic mass is 9.67. The summed E-state index contributed by atoms with van der Waals surface area (Å²) >= 11 is 0. The number of allylic oxidation sites excluding steroid dienone is 13. The number of rotatable bonds is 8. The Hall–Kier alpha value is -5.40. The second-order valence-corrected chi connectivity index (χ2v) is 12.6. The monoisotopic (exact) mass is 607 g/mol. The van der Waals surface area contributed by atoms with Crippen molar-refractivity contribution in [2.24, 2.45) is 5.92 Å². The summed E-state index contributed by atoms with van der Waals surface area (Å²) in [5.74, 6) is 0.525. The molecule has 0 saturated heterocycles. The Morgan fingerprint density at radius 2 is 1.43 bits per heavy atom. The summed E-state index contributed by atoms with van der Waals surface area (Å²) in [6.07, 6.45) is 26.8. The molecule has 47 heavy (non-hydrogen) atoms. The van der Waals surface area contributed by atoms with Crippen molar-refractivity contribution in [3.8, 4) is 22.3 Å². The quantitative estimate of drug-likeness (QED) is 0.180. The molecule has 230 valence electrons. The molecular formula is C46H41N. The molecule has 1 unspecified atom stereocenters. The number of benzene rings is 4. The van der Waals surface area contributed by atoms with Crippen LogP contribution in [0.3, 0.4) is 0 Å². The Bertz CT molecular complexity index is 1960. The fourth-order valence-corrected chi connectivity index (χ4v) is 7.36. The average Bonchev–Trinajstić information content (AvgIpc) is 3.22. The summed E-state index contributed by atoms with van der Waals surface area (Å²) in [6.45, 7) is 8.88. The second-order valence-electron chi connectivity index (χ2n) is 12.6. The molecule has 3 aliphatic rings. The van der Waals surface area contributed by atoms with Gasteiger partial charge in [0.15, 0.2) is 0 Å². The summed E-state index contributed by atoms with van der Waals surface area (Å²) in [5, 5.41) is 0. The van der Waals surface area contributed by atoms with Crippen LogP contribution in [0.4, 0.5) is 5.69 Å². The van der Waals surface area contributed by atoms with Crippen LogP contribution in [0.1, 0.15) is 37.8 Å². The summed E-state index contributed by atoms with van der Waals surface area (Å²) < 4.78 is 0. The van der Waals surface area contributed by atoms with Crippen molar-refractivity contribution in [1.29, 1.82) is 0 Å². The van der Waals surface area contributed by atoms with Crippen molar-refractivity contribution in [3.05, 3.63) is 210 Å². The van der Waals surface area contributed by atoms with Gasteiger partial charge in [0, 0.05) is 17.1 Å². The molecule has 0 amide bonds. The summed E-state index contributed by atoms with van der Waals surface area (Å²) in [5.41, 5.74) is 13.1. The van der Waals surface area contributed by atoms with Crippen LogP contribution in [0.15, 0.2) is 199 Å².